The quantitative estimate of drug-likeness (QED) is 0.105. The number of aromatic nitrogens is 8. The summed E-state index contributed by atoms with van der Waals surface area (Å²) in [6.45, 7) is 10.4. The van der Waals surface area contributed by atoms with Crippen LogP contribution < -0.4 is 5.32 Å². The van der Waals surface area contributed by atoms with E-state index >= 15 is 0 Å². The Morgan fingerprint density at radius 2 is 1.09 bits per heavy atom. The fraction of sp³-hybridized carbons (Fsp3) is 0.286. The zero-order valence-electron chi connectivity index (χ0n) is 34.0. The highest BCUT2D eigenvalue weighted by Gasteiger charge is 2.28. The van der Waals surface area contributed by atoms with Crippen molar-refractivity contribution in [3.05, 3.63) is 121 Å². The molecule has 0 aliphatic carbocycles. The molecule has 4 aromatic heterocycles. The van der Waals surface area contributed by atoms with E-state index in [1.165, 1.54) is 104 Å². The predicted molar refractivity (Wildman–Crippen MR) is 239 cm³/mol. The SMILES string of the molecule is CCCCCCn1c2ccccc2c2c(-c3ccccc3)c3c(c(-c4ccccc4)c21)c1cc(Nc2nnc(-n4nc(C)cc4C)nn2)ccc1n3CCCCCC. The van der Waals surface area contributed by atoms with Gasteiger partial charge in [-0.1, -0.05) is 131 Å². The monoisotopic (exact) mass is 765 g/mol. The normalized spacial score (nSPS) is 11.8. The molecule has 9 rings (SSSR count). The molecule has 0 spiro atoms. The smallest absolute Gasteiger partial charge is 0.289 e. The third-order valence-corrected chi connectivity index (χ3v) is 11.5. The lowest BCUT2D eigenvalue weighted by Crippen LogP contribution is -2.10. The summed E-state index contributed by atoms with van der Waals surface area (Å²) in [6.07, 6.45) is 9.49. The lowest BCUT2D eigenvalue weighted by Gasteiger charge is -2.18. The van der Waals surface area contributed by atoms with E-state index in [4.69, 9.17) is 0 Å². The Kier molecular flexibility index (Phi) is 10.4. The number of unbranched alkanes of at least 4 members (excludes halogenated alkanes) is 6. The van der Waals surface area contributed by atoms with E-state index < -0.39 is 0 Å². The van der Waals surface area contributed by atoms with Crippen LogP contribution >= 0.6 is 0 Å². The van der Waals surface area contributed by atoms with E-state index in [9.17, 15) is 0 Å². The Bertz CT molecular complexity index is 2850. The van der Waals surface area contributed by atoms with Crippen LogP contribution in [0.2, 0.25) is 0 Å². The Labute approximate surface area is 339 Å². The van der Waals surface area contributed by atoms with Crippen molar-refractivity contribution in [3.8, 4) is 28.2 Å². The fourth-order valence-electron chi connectivity index (χ4n) is 8.95. The molecular formula is C49H51N9. The van der Waals surface area contributed by atoms with E-state index in [2.05, 4.69) is 157 Å². The van der Waals surface area contributed by atoms with Crippen LogP contribution in [0, 0.1) is 13.8 Å². The Morgan fingerprint density at radius 1 is 0.534 bits per heavy atom. The molecule has 0 saturated heterocycles. The lowest BCUT2D eigenvalue weighted by molar-refractivity contribution is 0.602. The maximum absolute atomic E-state index is 4.51. The van der Waals surface area contributed by atoms with E-state index in [0.29, 0.717) is 11.9 Å². The zero-order valence-corrected chi connectivity index (χ0v) is 34.0. The summed E-state index contributed by atoms with van der Waals surface area (Å²) >= 11 is 0. The van der Waals surface area contributed by atoms with Gasteiger partial charge in [-0.3, -0.25) is 0 Å². The van der Waals surface area contributed by atoms with Crippen molar-refractivity contribution >= 4 is 55.2 Å². The summed E-state index contributed by atoms with van der Waals surface area (Å²) in [5.41, 5.74) is 12.8. The highest BCUT2D eigenvalue weighted by Crippen LogP contribution is 2.51. The molecule has 9 nitrogen and oxygen atoms in total. The summed E-state index contributed by atoms with van der Waals surface area (Å²) in [5.74, 6) is 0.670. The van der Waals surface area contributed by atoms with Crippen LogP contribution in [0.25, 0.3) is 71.8 Å². The summed E-state index contributed by atoms with van der Waals surface area (Å²) in [4.78, 5) is 0. The van der Waals surface area contributed by atoms with Gasteiger partial charge >= 0.3 is 0 Å². The van der Waals surface area contributed by atoms with Gasteiger partial charge in [0.1, 0.15) is 0 Å². The summed E-state index contributed by atoms with van der Waals surface area (Å²) in [6, 6.07) is 39.9. The number of rotatable bonds is 15. The van der Waals surface area contributed by atoms with Crippen LogP contribution in [0.3, 0.4) is 0 Å². The number of aryl methyl sites for hydroxylation is 4. The van der Waals surface area contributed by atoms with Crippen molar-refractivity contribution in [1.29, 1.82) is 0 Å². The van der Waals surface area contributed by atoms with Crippen molar-refractivity contribution in [3.63, 3.8) is 0 Å². The van der Waals surface area contributed by atoms with Crippen LogP contribution in [0.1, 0.15) is 76.6 Å². The number of fused-ring (bicyclic) bond motifs is 6. The largest absolute Gasteiger partial charge is 0.340 e. The number of anilines is 2. The van der Waals surface area contributed by atoms with E-state index in [0.717, 1.165) is 43.0 Å². The first kappa shape index (κ1) is 37.2. The molecule has 58 heavy (non-hydrogen) atoms. The number of hydrogen-bond donors (Lipinski definition) is 1. The van der Waals surface area contributed by atoms with Crippen molar-refractivity contribution in [1.82, 2.24) is 39.3 Å². The van der Waals surface area contributed by atoms with E-state index in [-0.39, 0.29) is 0 Å². The maximum atomic E-state index is 4.51. The Morgan fingerprint density at radius 3 is 1.66 bits per heavy atom. The highest BCUT2D eigenvalue weighted by atomic mass is 15.5. The van der Waals surface area contributed by atoms with Crippen molar-refractivity contribution in [2.24, 2.45) is 0 Å². The highest BCUT2D eigenvalue weighted by molar-refractivity contribution is 6.32. The number of nitrogens with zero attached hydrogens (tertiary/aromatic N) is 8. The minimum absolute atomic E-state index is 0.329. The topological polar surface area (TPSA) is 91.3 Å². The number of benzene rings is 5. The van der Waals surface area contributed by atoms with Crippen LogP contribution in [-0.2, 0) is 13.1 Å². The second-order valence-corrected chi connectivity index (χ2v) is 15.6. The van der Waals surface area contributed by atoms with Gasteiger partial charge in [-0.25, -0.2) is 4.68 Å². The summed E-state index contributed by atoms with van der Waals surface area (Å²) in [7, 11) is 0. The molecule has 0 aliphatic rings. The molecule has 0 saturated carbocycles. The second kappa shape index (κ2) is 16.3. The second-order valence-electron chi connectivity index (χ2n) is 15.6. The molecule has 9 heteroatoms. The van der Waals surface area contributed by atoms with Gasteiger partial charge in [-0.2, -0.15) is 5.10 Å². The fourth-order valence-corrected chi connectivity index (χ4v) is 8.95. The molecule has 5 aromatic carbocycles. The van der Waals surface area contributed by atoms with E-state index in [1.54, 1.807) is 4.68 Å². The minimum Gasteiger partial charge on any atom is -0.340 e. The van der Waals surface area contributed by atoms with Gasteiger partial charge in [-0.15, -0.1) is 20.4 Å². The standard InChI is InChI=1S/C49H51N9/c1-5-7-9-19-29-56-40-26-18-17-25-38(40)44-42(35-21-13-11-14-22-35)47-45(43(46(44)56)36-23-15-12-16-24-36)39-32-37(27-28-41(39)57(47)30-20-10-8-6-2)50-48-51-53-49(54-52-48)58-34(4)31-33(3)55-58/h11-18,21-28,31-32H,5-10,19-20,29-30H2,1-4H3,(H,50,51,52). The predicted octanol–water partition coefficient (Wildman–Crippen LogP) is 12.5. The number of hydrogen-bond acceptors (Lipinski definition) is 6. The van der Waals surface area contributed by atoms with Crippen LogP contribution in [0.5, 0.6) is 0 Å². The van der Waals surface area contributed by atoms with Crippen LogP contribution in [-0.4, -0.2) is 39.3 Å². The van der Waals surface area contributed by atoms with E-state index in [1.807, 2.05) is 19.9 Å². The first-order valence-corrected chi connectivity index (χ1v) is 21.1. The maximum Gasteiger partial charge on any atom is 0.289 e. The molecule has 1 N–H and O–H groups in total. The Balaban J connectivity index is 1.35. The van der Waals surface area contributed by atoms with Crippen molar-refractivity contribution in [2.45, 2.75) is 92.2 Å². The van der Waals surface area contributed by atoms with Crippen molar-refractivity contribution < 1.29 is 0 Å². The molecule has 4 heterocycles. The van der Waals surface area contributed by atoms with Gasteiger partial charge in [-0.05, 0) is 68.1 Å². The molecule has 0 amide bonds. The molecule has 0 atom stereocenters. The first-order valence-electron chi connectivity index (χ1n) is 21.1. The van der Waals surface area contributed by atoms with Gasteiger partial charge in [0.25, 0.3) is 11.9 Å². The average Bonchev–Trinajstić information content (AvgIpc) is 3.89. The van der Waals surface area contributed by atoms with Gasteiger partial charge < -0.3 is 14.5 Å². The molecule has 9 aromatic rings. The van der Waals surface area contributed by atoms with Gasteiger partial charge in [0.05, 0.1) is 16.7 Å². The van der Waals surface area contributed by atoms with Gasteiger partial charge in [0.15, 0.2) is 0 Å². The molecule has 292 valence electrons. The summed E-state index contributed by atoms with van der Waals surface area (Å²) in [5, 5.41) is 30.7. The molecule has 0 bridgehead atoms. The first-order chi connectivity index (χ1) is 28.6. The molecule has 0 fully saturated rings. The van der Waals surface area contributed by atoms with Crippen LogP contribution in [0.15, 0.2) is 109 Å². The average molecular weight is 766 g/mol. The Hall–Kier alpha value is -6.35. The van der Waals surface area contributed by atoms with Crippen molar-refractivity contribution in [2.75, 3.05) is 5.32 Å². The molecule has 0 aliphatic heterocycles. The minimum atomic E-state index is 0.329. The van der Waals surface area contributed by atoms with Gasteiger partial charge in [0.2, 0.25) is 0 Å². The number of nitrogens with one attached hydrogen (secondary N) is 1. The molecular weight excluding hydrogens is 715 g/mol. The molecule has 0 unspecified atom stereocenters. The molecule has 0 radical (unpaired) electrons. The lowest BCUT2D eigenvalue weighted by atomic mass is 9.90. The zero-order chi connectivity index (χ0) is 39.6. The third kappa shape index (κ3) is 6.78. The summed E-state index contributed by atoms with van der Waals surface area (Å²) < 4.78 is 6.92. The van der Waals surface area contributed by atoms with Crippen LogP contribution in [0.4, 0.5) is 11.6 Å². The van der Waals surface area contributed by atoms with Gasteiger partial charge in [0, 0.05) is 68.2 Å². The number of para-hydroxylation sites is 1. The third-order valence-electron chi connectivity index (χ3n) is 11.5.